The summed E-state index contributed by atoms with van der Waals surface area (Å²) in [5, 5.41) is 0. The van der Waals surface area contributed by atoms with Gasteiger partial charge < -0.3 is 4.90 Å². The first-order chi connectivity index (χ1) is 7.39. The minimum Gasteiger partial charge on any atom is -0.365 e. The van der Waals surface area contributed by atoms with Crippen molar-refractivity contribution in [2.75, 3.05) is 7.05 Å². The minimum absolute atomic E-state index is 0.0832. The zero-order valence-corrected chi connectivity index (χ0v) is 10.6. The zero-order chi connectivity index (χ0) is 11.9. The van der Waals surface area contributed by atoms with E-state index in [0.717, 1.165) is 11.6 Å². The van der Waals surface area contributed by atoms with Gasteiger partial charge in [-0.15, -0.1) is 0 Å². The lowest BCUT2D eigenvalue weighted by atomic mass is 10.0. The van der Waals surface area contributed by atoms with Gasteiger partial charge in [0.15, 0.2) is 0 Å². The van der Waals surface area contributed by atoms with E-state index in [9.17, 15) is 13.2 Å². The fourth-order valence-electron chi connectivity index (χ4n) is 1.61. The van der Waals surface area contributed by atoms with Crippen LogP contribution in [-0.4, -0.2) is 11.9 Å². The highest BCUT2D eigenvalue weighted by Gasteiger charge is 2.31. The average molecular weight is 339 g/mol. The van der Waals surface area contributed by atoms with Crippen molar-refractivity contribution < 1.29 is 13.2 Å². The van der Waals surface area contributed by atoms with Crippen molar-refractivity contribution >= 4 is 28.7 Å². The standard InChI is InChI=1S/C11H9F3IN/c1-16-5-4-7-6-8(11(12,13)14)2-3-9(7)10(16)15/h2-6,10H,1H3. The molecule has 0 aliphatic carbocycles. The van der Waals surface area contributed by atoms with Gasteiger partial charge in [0.05, 0.1) is 5.56 Å². The minimum atomic E-state index is -4.27. The Morgan fingerprint density at radius 2 is 2.00 bits per heavy atom. The van der Waals surface area contributed by atoms with Gasteiger partial charge in [0.1, 0.15) is 4.05 Å². The van der Waals surface area contributed by atoms with E-state index in [4.69, 9.17) is 0 Å². The topological polar surface area (TPSA) is 3.24 Å². The second kappa shape index (κ2) is 3.94. The van der Waals surface area contributed by atoms with Gasteiger partial charge in [-0.2, -0.15) is 13.2 Å². The van der Waals surface area contributed by atoms with Gasteiger partial charge in [0, 0.05) is 13.2 Å². The molecule has 1 nitrogen and oxygen atoms in total. The summed E-state index contributed by atoms with van der Waals surface area (Å²) in [5.41, 5.74) is 0.968. The van der Waals surface area contributed by atoms with E-state index in [0.29, 0.717) is 5.56 Å². The summed E-state index contributed by atoms with van der Waals surface area (Å²) in [6.45, 7) is 0. The molecule has 1 aromatic carbocycles. The van der Waals surface area contributed by atoms with E-state index < -0.39 is 11.7 Å². The lowest BCUT2D eigenvalue weighted by molar-refractivity contribution is -0.137. The van der Waals surface area contributed by atoms with Crippen LogP contribution in [0.3, 0.4) is 0 Å². The smallest absolute Gasteiger partial charge is 0.365 e. The Bertz CT molecular complexity index is 439. The van der Waals surface area contributed by atoms with E-state index in [1.54, 1.807) is 18.3 Å². The van der Waals surface area contributed by atoms with Crippen LogP contribution in [0.4, 0.5) is 13.2 Å². The molecule has 0 radical (unpaired) electrons. The molecule has 0 saturated heterocycles. The van der Waals surface area contributed by atoms with Gasteiger partial charge >= 0.3 is 6.18 Å². The molecule has 86 valence electrons. The molecule has 5 heteroatoms. The first-order valence-electron chi connectivity index (χ1n) is 4.65. The molecule has 0 aromatic heterocycles. The molecule has 0 fully saturated rings. The van der Waals surface area contributed by atoms with Crippen LogP contribution >= 0.6 is 22.6 Å². The molecule has 2 rings (SSSR count). The Labute approximate surface area is 105 Å². The van der Waals surface area contributed by atoms with Crippen LogP contribution in [0.25, 0.3) is 6.08 Å². The fourth-order valence-corrected chi connectivity index (χ4v) is 2.36. The lowest BCUT2D eigenvalue weighted by Crippen LogP contribution is -2.18. The Morgan fingerprint density at radius 3 is 2.62 bits per heavy atom. The second-order valence-corrected chi connectivity index (χ2v) is 4.84. The van der Waals surface area contributed by atoms with Crippen LogP contribution in [-0.2, 0) is 6.18 Å². The van der Waals surface area contributed by atoms with E-state index >= 15 is 0 Å². The average Bonchev–Trinajstić information content (AvgIpc) is 2.22. The number of rotatable bonds is 0. The Morgan fingerprint density at radius 1 is 1.31 bits per heavy atom. The second-order valence-electron chi connectivity index (χ2n) is 3.66. The van der Waals surface area contributed by atoms with Crippen molar-refractivity contribution in [3.05, 3.63) is 41.1 Å². The molecule has 1 aliphatic rings. The number of nitrogens with zero attached hydrogens (tertiary/aromatic N) is 1. The number of fused-ring (bicyclic) bond motifs is 1. The van der Waals surface area contributed by atoms with Crippen LogP contribution < -0.4 is 0 Å². The summed E-state index contributed by atoms with van der Waals surface area (Å²) in [5.74, 6) is 0. The maximum Gasteiger partial charge on any atom is 0.416 e. The van der Waals surface area contributed by atoms with E-state index in [1.165, 1.54) is 6.07 Å². The van der Waals surface area contributed by atoms with Crippen LogP contribution in [0.5, 0.6) is 0 Å². The van der Waals surface area contributed by atoms with Gasteiger partial charge in [0.2, 0.25) is 0 Å². The first-order valence-corrected chi connectivity index (χ1v) is 5.89. The third-order valence-electron chi connectivity index (χ3n) is 2.52. The predicted octanol–water partition coefficient (Wildman–Crippen LogP) is 4.06. The molecule has 0 amide bonds. The van der Waals surface area contributed by atoms with Crippen LogP contribution in [0, 0.1) is 0 Å². The Kier molecular flexibility index (Phi) is 2.90. The highest BCUT2D eigenvalue weighted by molar-refractivity contribution is 14.1. The summed E-state index contributed by atoms with van der Waals surface area (Å²) in [4.78, 5) is 1.95. The van der Waals surface area contributed by atoms with Crippen molar-refractivity contribution in [3.8, 4) is 0 Å². The lowest BCUT2D eigenvalue weighted by Gasteiger charge is -2.27. The van der Waals surface area contributed by atoms with Crippen molar-refractivity contribution in [2.24, 2.45) is 0 Å². The summed E-state index contributed by atoms with van der Waals surface area (Å²) in [6.07, 6.45) is -0.772. The molecular formula is C11H9F3IN. The summed E-state index contributed by atoms with van der Waals surface area (Å²) >= 11 is 2.20. The monoisotopic (exact) mass is 339 g/mol. The molecule has 0 N–H and O–H groups in total. The number of alkyl halides is 4. The maximum absolute atomic E-state index is 12.5. The summed E-state index contributed by atoms with van der Waals surface area (Å²) in [7, 11) is 1.90. The highest BCUT2D eigenvalue weighted by atomic mass is 127. The predicted molar refractivity (Wildman–Crippen MR) is 65.0 cm³/mol. The Hall–Kier alpha value is -0.720. The van der Waals surface area contributed by atoms with Crippen LogP contribution in [0.1, 0.15) is 20.7 Å². The molecule has 1 aromatic rings. The number of hydrogen-bond acceptors (Lipinski definition) is 1. The van der Waals surface area contributed by atoms with Gasteiger partial charge in [0.25, 0.3) is 0 Å². The molecule has 1 heterocycles. The van der Waals surface area contributed by atoms with Gasteiger partial charge in [-0.3, -0.25) is 0 Å². The number of hydrogen-bond donors (Lipinski definition) is 0. The third kappa shape index (κ3) is 2.05. The summed E-state index contributed by atoms with van der Waals surface area (Å²) in [6, 6.07) is 3.89. The zero-order valence-electron chi connectivity index (χ0n) is 8.42. The molecule has 0 saturated carbocycles. The quantitative estimate of drug-likeness (QED) is 0.392. The molecule has 0 spiro atoms. The largest absolute Gasteiger partial charge is 0.416 e. The molecule has 1 atom stereocenters. The van der Waals surface area contributed by atoms with Crippen molar-refractivity contribution in [1.29, 1.82) is 0 Å². The van der Waals surface area contributed by atoms with E-state index in [2.05, 4.69) is 22.6 Å². The first kappa shape index (κ1) is 11.8. The SMILES string of the molecule is CN1C=Cc2cc(C(F)(F)F)ccc2C1I. The Balaban J connectivity index is 2.48. The maximum atomic E-state index is 12.5. The van der Waals surface area contributed by atoms with Gasteiger partial charge in [-0.05, 0) is 29.3 Å². The van der Waals surface area contributed by atoms with E-state index in [1.807, 2.05) is 11.9 Å². The van der Waals surface area contributed by atoms with Crippen LogP contribution in [0.15, 0.2) is 24.4 Å². The third-order valence-corrected chi connectivity index (χ3v) is 4.07. The molecule has 1 aliphatic heterocycles. The molecule has 0 bridgehead atoms. The van der Waals surface area contributed by atoms with Gasteiger partial charge in [-0.1, -0.05) is 28.7 Å². The number of benzene rings is 1. The summed E-state index contributed by atoms with van der Waals surface area (Å²) < 4.78 is 37.6. The van der Waals surface area contributed by atoms with Crippen molar-refractivity contribution in [1.82, 2.24) is 4.90 Å². The van der Waals surface area contributed by atoms with E-state index in [-0.39, 0.29) is 4.05 Å². The molecular weight excluding hydrogens is 330 g/mol. The molecule has 1 unspecified atom stereocenters. The van der Waals surface area contributed by atoms with Crippen molar-refractivity contribution in [2.45, 2.75) is 10.2 Å². The normalized spacial score (nSPS) is 19.8. The van der Waals surface area contributed by atoms with Gasteiger partial charge in [-0.25, -0.2) is 0 Å². The molecule has 16 heavy (non-hydrogen) atoms. The highest BCUT2D eigenvalue weighted by Crippen LogP contribution is 2.37. The fraction of sp³-hybridized carbons (Fsp3) is 0.273. The number of halogens is 4. The van der Waals surface area contributed by atoms with Crippen molar-refractivity contribution in [3.63, 3.8) is 0 Å². The van der Waals surface area contributed by atoms with Crippen LogP contribution in [0.2, 0.25) is 0 Å².